The average molecular weight is 565 g/mol. The van der Waals surface area contributed by atoms with Gasteiger partial charge in [-0.25, -0.2) is 4.39 Å². The van der Waals surface area contributed by atoms with Crippen molar-refractivity contribution >= 4 is 40.1 Å². The highest BCUT2D eigenvalue weighted by atomic mass is 35.5. The van der Waals surface area contributed by atoms with Gasteiger partial charge in [-0.2, -0.15) is 0 Å². The van der Waals surface area contributed by atoms with Crippen LogP contribution in [0, 0.1) is 12.7 Å². The summed E-state index contributed by atoms with van der Waals surface area (Å²) in [6.07, 6.45) is 0. The van der Waals surface area contributed by atoms with Gasteiger partial charge in [-0.05, 0) is 48.4 Å². The van der Waals surface area contributed by atoms with E-state index in [9.17, 15) is 18.8 Å². The Kier molecular flexibility index (Phi) is 5.63. The number of hydrogen-bond donors (Lipinski definition) is 0. The van der Waals surface area contributed by atoms with Crippen molar-refractivity contribution in [2.45, 2.75) is 25.6 Å². The number of nitrogens with zero attached hydrogens (tertiary/aromatic N) is 2. The zero-order chi connectivity index (χ0) is 28.5. The summed E-state index contributed by atoms with van der Waals surface area (Å²) in [7, 11) is 0. The van der Waals surface area contributed by atoms with E-state index in [4.69, 9.17) is 16.0 Å². The van der Waals surface area contributed by atoms with Crippen molar-refractivity contribution in [1.29, 1.82) is 0 Å². The maximum Gasteiger partial charge on any atom is 0.291 e. The number of fused-ring (bicyclic) bond motifs is 5. The van der Waals surface area contributed by atoms with Crippen molar-refractivity contribution < 1.29 is 18.4 Å². The third-order valence-corrected chi connectivity index (χ3v) is 8.31. The number of halogens is 2. The predicted molar refractivity (Wildman–Crippen MR) is 153 cm³/mol. The zero-order valence-electron chi connectivity index (χ0n) is 21.9. The van der Waals surface area contributed by atoms with Crippen LogP contribution in [0.1, 0.15) is 38.4 Å². The number of aryl methyl sites for hydroxylation is 1. The second-order valence-electron chi connectivity index (χ2n) is 10.4. The normalized spacial score (nSPS) is 17.5. The Morgan fingerprint density at radius 1 is 0.878 bits per heavy atom. The van der Waals surface area contributed by atoms with E-state index < -0.39 is 28.6 Å². The Morgan fingerprint density at radius 3 is 2.39 bits per heavy atom. The third-order valence-electron chi connectivity index (χ3n) is 7.95. The van der Waals surface area contributed by atoms with E-state index in [1.807, 2.05) is 43.3 Å². The van der Waals surface area contributed by atoms with E-state index in [-0.39, 0.29) is 35.4 Å². The van der Waals surface area contributed by atoms with Crippen molar-refractivity contribution in [1.82, 2.24) is 4.90 Å². The molecule has 0 N–H and O–H groups in total. The van der Waals surface area contributed by atoms with Crippen molar-refractivity contribution in [2.24, 2.45) is 0 Å². The molecular formula is C33H22ClFN2O4. The van der Waals surface area contributed by atoms with Crippen LogP contribution in [-0.2, 0) is 23.4 Å². The fourth-order valence-electron chi connectivity index (χ4n) is 6.01. The highest BCUT2D eigenvalue weighted by Gasteiger charge is 2.65. The molecule has 0 aliphatic carbocycles. The minimum atomic E-state index is -1.82. The van der Waals surface area contributed by atoms with Gasteiger partial charge in [-0.15, -0.1) is 0 Å². The summed E-state index contributed by atoms with van der Waals surface area (Å²) in [5, 5.41) is 0.446. The molecule has 8 heteroatoms. The maximum atomic E-state index is 14.9. The lowest BCUT2D eigenvalue weighted by molar-refractivity contribution is -0.126. The Bertz CT molecular complexity index is 1970. The van der Waals surface area contributed by atoms with Crippen LogP contribution in [-0.4, -0.2) is 16.7 Å². The molecule has 41 heavy (non-hydrogen) atoms. The van der Waals surface area contributed by atoms with E-state index in [0.717, 1.165) is 23.3 Å². The first kappa shape index (κ1) is 25.2. The predicted octanol–water partition coefficient (Wildman–Crippen LogP) is 6.34. The van der Waals surface area contributed by atoms with Gasteiger partial charge in [0.2, 0.25) is 5.76 Å². The van der Waals surface area contributed by atoms with Crippen LogP contribution in [0.2, 0.25) is 5.02 Å². The van der Waals surface area contributed by atoms with Gasteiger partial charge in [0.1, 0.15) is 11.4 Å². The highest BCUT2D eigenvalue weighted by molar-refractivity contribution is 6.31. The molecular weight excluding hydrogens is 543 g/mol. The smallest absolute Gasteiger partial charge is 0.291 e. The molecule has 0 fully saturated rings. The average Bonchev–Trinajstić information content (AvgIpc) is 3.36. The van der Waals surface area contributed by atoms with Crippen LogP contribution in [0.4, 0.5) is 10.1 Å². The molecule has 7 rings (SSSR count). The molecule has 4 aromatic carbocycles. The maximum absolute atomic E-state index is 14.9. The summed E-state index contributed by atoms with van der Waals surface area (Å²) in [5.41, 5.74) is 1.06. The van der Waals surface area contributed by atoms with Crippen molar-refractivity contribution in [3.05, 3.63) is 146 Å². The van der Waals surface area contributed by atoms with E-state index in [1.54, 1.807) is 41.3 Å². The summed E-state index contributed by atoms with van der Waals surface area (Å²) in [6.45, 7) is 2.11. The summed E-state index contributed by atoms with van der Waals surface area (Å²) in [4.78, 5) is 46.2. The lowest BCUT2D eigenvalue weighted by Gasteiger charge is -2.34. The van der Waals surface area contributed by atoms with Crippen LogP contribution in [0.25, 0.3) is 11.0 Å². The molecule has 0 saturated heterocycles. The van der Waals surface area contributed by atoms with Gasteiger partial charge >= 0.3 is 0 Å². The first-order chi connectivity index (χ1) is 19.8. The number of carbonyl (C=O) groups is 2. The van der Waals surface area contributed by atoms with E-state index in [1.165, 1.54) is 11.0 Å². The largest absolute Gasteiger partial charge is 0.450 e. The number of carbonyl (C=O) groups excluding carboxylic acids is 2. The molecule has 1 spiro atoms. The van der Waals surface area contributed by atoms with Gasteiger partial charge in [-0.3, -0.25) is 14.4 Å². The standard InChI is InChI=1S/C33H22ClFN2O4/c1-19-10-12-20(13-11-19)17-37-31(39)30-28(29(38)23-16-22(35)14-15-27(23)41-30)33(37)24-7-3-5-9-26(24)36(32(33)40)18-21-6-2-4-8-25(21)34/h2-16H,17-18H2,1H3. The molecule has 5 aromatic rings. The summed E-state index contributed by atoms with van der Waals surface area (Å²) < 4.78 is 20.3. The number of para-hydroxylation sites is 1. The Hall–Kier alpha value is -4.75. The van der Waals surface area contributed by atoms with Gasteiger partial charge in [0.15, 0.2) is 11.0 Å². The summed E-state index contributed by atoms with van der Waals surface area (Å²) in [6, 6.07) is 25.5. The SMILES string of the molecule is Cc1ccc(CN2C(=O)c3oc4ccc(F)cc4c(=O)c3C23C(=O)N(Cc2ccccc2Cl)c2ccccc23)cc1. The second-order valence-corrected chi connectivity index (χ2v) is 10.8. The number of anilines is 1. The Labute approximate surface area is 239 Å². The molecule has 0 bridgehead atoms. The second kappa shape index (κ2) is 9.14. The van der Waals surface area contributed by atoms with Gasteiger partial charge < -0.3 is 14.2 Å². The number of benzene rings is 4. The van der Waals surface area contributed by atoms with Gasteiger partial charge in [0, 0.05) is 17.1 Å². The van der Waals surface area contributed by atoms with Crippen LogP contribution in [0.3, 0.4) is 0 Å². The van der Waals surface area contributed by atoms with Gasteiger partial charge in [-0.1, -0.05) is 77.8 Å². The van der Waals surface area contributed by atoms with E-state index in [2.05, 4.69) is 0 Å². The van der Waals surface area contributed by atoms with Crippen LogP contribution >= 0.6 is 11.6 Å². The molecule has 1 atom stereocenters. The molecule has 0 radical (unpaired) electrons. The lowest BCUT2D eigenvalue weighted by atomic mass is 9.83. The van der Waals surface area contributed by atoms with E-state index in [0.29, 0.717) is 21.8 Å². The van der Waals surface area contributed by atoms with Crippen LogP contribution in [0.5, 0.6) is 0 Å². The van der Waals surface area contributed by atoms with Gasteiger partial charge in [0.25, 0.3) is 11.8 Å². The molecule has 1 unspecified atom stereocenters. The fraction of sp³-hybridized carbons (Fsp3) is 0.121. The van der Waals surface area contributed by atoms with Crippen molar-refractivity contribution in [3.63, 3.8) is 0 Å². The van der Waals surface area contributed by atoms with Gasteiger partial charge in [0.05, 0.1) is 23.2 Å². The monoisotopic (exact) mass is 564 g/mol. The summed E-state index contributed by atoms with van der Waals surface area (Å²) in [5.74, 6) is -1.92. The molecule has 2 aliphatic rings. The molecule has 1 aromatic heterocycles. The topological polar surface area (TPSA) is 70.8 Å². The molecule has 0 saturated carbocycles. The molecule has 6 nitrogen and oxygen atoms in total. The Morgan fingerprint density at radius 2 is 1.61 bits per heavy atom. The quantitative estimate of drug-likeness (QED) is 0.255. The van der Waals surface area contributed by atoms with Crippen molar-refractivity contribution in [2.75, 3.05) is 4.90 Å². The highest BCUT2D eigenvalue weighted by Crippen LogP contribution is 2.53. The van der Waals surface area contributed by atoms with E-state index >= 15 is 0 Å². The first-order valence-electron chi connectivity index (χ1n) is 13.1. The number of rotatable bonds is 4. The number of amides is 2. The third kappa shape index (κ3) is 3.59. The van der Waals surface area contributed by atoms with Crippen LogP contribution < -0.4 is 10.3 Å². The molecule has 202 valence electrons. The van der Waals surface area contributed by atoms with Crippen molar-refractivity contribution in [3.8, 4) is 0 Å². The fourth-order valence-corrected chi connectivity index (χ4v) is 6.21. The summed E-state index contributed by atoms with van der Waals surface area (Å²) >= 11 is 6.48. The number of hydrogen-bond acceptors (Lipinski definition) is 4. The minimum Gasteiger partial charge on any atom is -0.450 e. The lowest BCUT2D eigenvalue weighted by Crippen LogP contribution is -2.52. The molecule has 2 amide bonds. The molecule has 2 aliphatic heterocycles. The zero-order valence-corrected chi connectivity index (χ0v) is 22.6. The van der Waals surface area contributed by atoms with Crippen LogP contribution in [0.15, 0.2) is 100 Å². The first-order valence-corrected chi connectivity index (χ1v) is 13.5. The molecule has 3 heterocycles. The Balaban J connectivity index is 1.52. The minimum absolute atomic E-state index is 0.0352.